The van der Waals surface area contributed by atoms with E-state index in [9.17, 15) is 0 Å². The number of para-hydroxylation sites is 1. The minimum Gasteiger partial charge on any atom is -0.493 e. The van der Waals surface area contributed by atoms with Crippen molar-refractivity contribution in [2.45, 2.75) is 25.7 Å². The van der Waals surface area contributed by atoms with Gasteiger partial charge in [-0.25, -0.2) is 4.98 Å². The van der Waals surface area contributed by atoms with Crippen molar-refractivity contribution in [2.75, 3.05) is 6.61 Å². The number of aromatic nitrogens is 2. The van der Waals surface area contributed by atoms with Crippen molar-refractivity contribution < 1.29 is 4.74 Å². The highest BCUT2D eigenvalue weighted by atomic mass is 16.5. The molecule has 1 heterocycles. The Morgan fingerprint density at radius 2 is 2.20 bits per heavy atom. The molecule has 0 radical (unpaired) electrons. The first kappa shape index (κ1) is 13.0. The molecule has 1 aromatic heterocycles. The van der Waals surface area contributed by atoms with E-state index in [1.807, 2.05) is 30.5 Å². The van der Waals surface area contributed by atoms with Crippen LogP contribution < -0.4 is 4.74 Å². The van der Waals surface area contributed by atoms with Gasteiger partial charge < -0.3 is 9.72 Å². The first-order chi connectivity index (χ1) is 9.93. The fourth-order valence-corrected chi connectivity index (χ4v) is 2.65. The lowest BCUT2D eigenvalue weighted by Gasteiger charge is -2.18. The third-order valence-electron chi connectivity index (χ3n) is 3.80. The van der Waals surface area contributed by atoms with Crippen molar-refractivity contribution in [1.29, 1.82) is 0 Å². The maximum atomic E-state index is 5.98. The molecule has 0 aliphatic heterocycles. The van der Waals surface area contributed by atoms with Crippen LogP contribution in [0.4, 0.5) is 0 Å². The number of ether oxygens (including phenoxy) is 1. The Morgan fingerprint density at radius 3 is 3.00 bits per heavy atom. The molecule has 0 bridgehead atoms. The van der Waals surface area contributed by atoms with Gasteiger partial charge in [-0.3, -0.25) is 0 Å². The molecule has 0 saturated heterocycles. The Labute approximate surface area is 119 Å². The van der Waals surface area contributed by atoms with Gasteiger partial charge in [0.05, 0.1) is 12.2 Å². The third-order valence-corrected chi connectivity index (χ3v) is 3.80. The second kappa shape index (κ2) is 6.42. The first-order valence-electron chi connectivity index (χ1n) is 7.30. The van der Waals surface area contributed by atoms with Gasteiger partial charge in [-0.2, -0.15) is 0 Å². The van der Waals surface area contributed by atoms with Gasteiger partial charge in [0, 0.05) is 12.4 Å². The van der Waals surface area contributed by atoms with Gasteiger partial charge in [-0.15, -0.1) is 0 Å². The van der Waals surface area contributed by atoms with Crippen LogP contribution in [0.3, 0.4) is 0 Å². The Bertz CT molecular complexity index is 560. The zero-order valence-corrected chi connectivity index (χ0v) is 11.6. The molecular weight excluding hydrogens is 248 g/mol. The van der Waals surface area contributed by atoms with Crippen LogP contribution in [-0.2, 0) is 0 Å². The van der Waals surface area contributed by atoms with E-state index in [0.717, 1.165) is 36.1 Å². The first-order valence-corrected chi connectivity index (χ1v) is 7.30. The fourth-order valence-electron chi connectivity index (χ4n) is 2.65. The van der Waals surface area contributed by atoms with Crippen molar-refractivity contribution in [3.05, 3.63) is 48.8 Å². The van der Waals surface area contributed by atoms with Crippen molar-refractivity contribution in [2.24, 2.45) is 5.92 Å². The predicted octanol–water partition coefficient (Wildman–Crippen LogP) is 4.20. The van der Waals surface area contributed by atoms with Crippen LogP contribution in [0.1, 0.15) is 25.7 Å². The topological polar surface area (TPSA) is 37.9 Å². The summed E-state index contributed by atoms with van der Waals surface area (Å²) in [5, 5.41) is 0. The Hall–Kier alpha value is -2.03. The van der Waals surface area contributed by atoms with Gasteiger partial charge in [0.2, 0.25) is 0 Å². The lowest BCUT2D eigenvalue weighted by molar-refractivity contribution is 0.271. The average molecular weight is 268 g/mol. The van der Waals surface area contributed by atoms with E-state index in [1.165, 1.54) is 19.3 Å². The van der Waals surface area contributed by atoms with E-state index in [-0.39, 0.29) is 0 Å². The van der Waals surface area contributed by atoms with E-state index in [2.05, 4.69) is 22.1 Å². The second-order valence-corrected chi connectivity index (χ2v) is 5.22. The van der Waals surface area contributed by atoms with E-state index < -0.39 is 0 Å². The highest BCUT2D eigenvalue weighted by molar-refractivity contribution is 5.63. The van der Waals surface area contributed by atoms with Gasteiger partial charge in [0.1, 0.15) is 11.6 Å². The van der Waals surface area contributed by atoms with Crippen LogP contribution in [0.25, 0.3) is 11.4 Å². The number of imidazole rings is 1. The zero-order chi connectivity index (χ0) is 13.6. The minimum absolute atomic E-state index is 0.774. The van der Waals surface area contributed by atoms with Gasteiger partial charge in [0.25, 0.3) is 0 Å². The number of nitrogens with zero attached hydrogens (tertiary/aromatic N) is 1. The predicted molar refractivity (Wildman–Crippen MR) is 80.6 cm³/mol. The maximum absolute atomic E-state index is 5.98. The molecule has 1 unspecified atom stereocenters. The van der Waals surface area contributed by atoms with Crippen LogP contribution in [-0.4, -0.2) is 16.6 Å². The summed E-state index contributed by atoms with van der Waals surface area (Å²) < 4.78 is 5.98. The molecule has 104 valence electrons. The number of benzene rings is 1. The lowest BCUT2D eigenvalue weighted by Crippen LogP contribution is -2.09. The molecule has 1 aromatic carbocycles. The smallest absolute Gasteiger partial charge is 0.141 e. The van der Waals surface area contributed by atoms with Gasteiger partial charge in [-0.05, 0) is 43.7 Å². The molecule has 1 aliphatic carbocycles. The summed E-state index contributed by atoms with van der Waals surface area (Å²) in [6.07, 6.45) is 13.0. The van der Waals surface area contributed by atoms with Crippen molar-refractivity contribution >= 4 is 0 Å². The van der Waals surface area contributed by atoms with Crippen LogP contribution in [0, 0.1) is 5.92 Å². The second-order valence-electron chi connectivity index (χ2n) is 5.22. The van der Waals surface area contributed by atoms with Crippen molar-refractivity contribution in [1.82, 2.24) is 9.97 Å². The van der Waals surface area contributed by atoms with E-state index in [0.29, 0.717) is 0 Å². The molecular formula is C17H20N2O. The Morgan fingerprint density at radius 1 is 1.25 bits per heavy atom. The van der Waals surface area contributed by atoms with E-state index in [1.54, 1.807) is 6.20 Å². The summed E-state index contributed by atoms with van der Waals surface area (Å²) in [6.45, 7) is 0.774. The molecule has 0 saturated carbocycles. The molecule has 0 spiro atoms. The lowest BCUT2D eigenvalue weighted by atomic mass is 9.92. The molecule has 2 aromatic rings. The number of aromatic amines is 1. The summed E-state index contributed by atoms with van der Waals surface area (Å²) in [6, 6.07) is 8.07. The number of nitrogens with one attached hydrogen (secondary N) is 1. The van der Waals surface area contributed by atoms with Gasteiger partial charge in [-0.1, -0.05) is 24.3 Å². The summed E-state index contributed by atoms with van der Waals surface area (Å²) in [5.74, 6) is 2.55. The van der Waals surface area contributed by atoms with Crippen LogP contribution in [0.2, 0.25) is 0 Å². The normalized spacial score (nSPS) is 18.1. The highest BCUT2D eigenvalue weighted by Gasteiger charge is 2.11. The largest absolute Gasteiger partial charge is 0.493 e. The van der Waals surface area contributed by atoms with E-state index >= 15 is 0 Å². The van der Waals surface area contributed by atoms with Gasteiger partial charge >= 0.3 is 0 Å². The molecule has 0 fully saturated rings. The summed E-state index contributed by atoms with van der Waals surface area (Å²) in [4.78, 5) is 7.43. The molecule has 3 rings (SSSR count). The Kier molecular flexibility index (Phi) is 4.16. The number of hydrogen-bond donors (Lipinski definition) is 1. The molecule has 0 amide bonds. The molecule has 1 aliphatic rings. The van der Waals surface area contributed by atoms with Crippen molar-refractivity contribution in [3.63, 3.8) is 0 Å². The van der Waals surface area contributed by atoms with Crippen molar-refractivity contribution in [3.8, 4) is 17.1 Å². The molecule has 3 heteroatoms. The van der Waals surface area contributed by atoms with Gasteiger partial charge in [0.15, 0.2) is 0 Å². The van der Waals surface area contributed by atoms with E-state index in [4.69, 9.17) is 4.74 Å². The van der Waals surface area contributed by atoms with Crippen LogP contribution >= 0.6 is 0 Å². The average Bonchev–Trinajstić information content (AvgIpc) is 3.03. The number of hydrogen-bond acceptors (Lipinski definition) is 2. The van der Waals surface area contributed by atoms with Crippen LogP contribution in [0.15, 0.2) is 48.8 Å². The standard InChI is InChI=1S/C17H20N2O/c1-2-6-14(7-3-1)10-13-20-16-9-5-4-8-15(16)17-18-11-12-19-17/h1-2,4-5,8-9,11-12,14H,3,6-7,10,13H2,(H,18,19). The summed E-state index contributed by atoms with van der Waals surface area (Å²) >= 11 is 0. The quantitative estimate of drug-likeness (QED) is 0.825. The molecule has 1 N–H and O–H groups in total. The number of rotatable bonds is 5. The zero-order valence-electron chi connectivity index (χ0n) is 11.6. The maximum Gasteiger partial charge on any atom is 0.141 e. The molecule has 1 atom stereocenters. The SMILES string of the molecule is C1=CCC(CCOc2ccccc2-c2ncc[nH]2)CC1. The third kappa shape index (κ3) is 3.10. The summed E-state index contributed by atoms with van der Waals surface area (Å²) in [7, 11) is 0. The molecule has 3 nitrogen and oxygen atoms in total. The monoisotopic (exact) mass is 268 g/mol. The van der Waals surface area contributed by atoms with Crippen LogP contribution in [0.5, 0.6) is 5.75 Å². The highest BCUT2D eigenvalue weighted by Crippen LogP contribution is 2.28. The Balaban J connectivity index is 1.61. The summed E-state index contributed by atoms with van der Waals surface area (Å²) in [5.41, 5.74) is 1.03. The number of H-pyrrole nitrogens is 1. The minimum atomic E-state index is 0.774. The molecule has 20 heavy (non-hydrogen) atoms. The fraction of sp³-hybridized carbons (Fsp3) is 0.353. The number of allylic oxidation sites excluding steroid dienone is 2.